The molecule has 4 aromatic rings. The van der Waals surface area contributed by atoms with Crippen molar-refractivity contribution >= 4 is 66.7 Å². The second-order valence-corrected chi connectivity index (χ2v) is 14.2. The third kappa shape index (κ3) is 9.10. The maximum Gasteiger partial charge on any atom is 0.264 e. The Morgan fingerprint density at radius 2 is 1.51 bits per heavy atom. The lowest BCUT2D eigenvalue weighted by Gasteiger charge is -2.34. The summed E-state index contributed by atoms with van der Waals surface area (Å²) in [5.41, 5.74) is 1.70. The smallest absolute Gasteiger partial charge is 0.264 e. The number of nitrogens with zero attached hydrogens (tertiary/aromatic N) is 2. The number of rotatable bonds is 13. The van der Waals surface area contributed by atoms with E-state index in [2.05, 4.69) is 21.2 Å². The van der Waals surface area contributed by atoms with Crippen molar-refractivity contribution in [2.24, 2.45) is 0 Å². The molecular formula is C34H34BrCl2N3O4S. The van der Waals surface area contributed by atoms with Gasteiger partial charge in [-0.05, 0) is 66.9 Å². The zero-order valence-electron chi connectivity index (χ0n) is 24.9. The van der Waals surface area contributed by atoms with Gasteiger partial charge in [0.05, 0.1) is 15.6 Å². The molecule has 0 aliphatic heterocycles. The quantitative estimate of drug-likeness (QED) is 0.154. The molecule has 2 amide bonds. The van der Waals surface area contributed by atoms with Crippen LogP contribution in [0, 0.1) is 0 Å². The number of carbonyl (C=O) groups excluding carboxylic acids is 2. The number of carbonyl (C=O) groups is 2. The molecule has 0 aromatic heterocycles. The van der Waals surface area contributed by atoms with Crippen LogP contribution in [-0.2, 0) is 32.6 Å². The fourth-order valence-electron chi connectivity index (χ4n) is 4.74. The molecule has 45 heavy (non-hydrogen) atoms. The maximum absolute atomic E-state index is 14.5. The van der Waals surface area contributed by atoms with E-state index >= 15 is 0 Å². The Morgan fingerprint density at radius 3 is 2.13 bits per heavy atom. The van der Waals surface area contributed by atoms with Crippen molar-refractivity contribution in [2.45, 2.75) is 50.2 Å². The lowest BCUT2D eigenvalue weighted by Crippen LogP contribution is -2.54. The SMILES string of the molecule is CC[C@@H](C)NC(=O)[C@@H](Cc1ccccc1)N(Cc1cccc(Br)c1)C(=O)CN(c1ccc(Cl)cc1Cl)S(=O)(=O)c1ccccc1. The van der Waals surface area contributed by atoms with Gasteiger partial charge in [0.2, 0.25) is 11.8 Å². The molecule has 0 radical (unpaired) electrons. The summed E-state index contributed by atoms with van der Waals surface area (Å²) in [5, 5.41) is 3.40. The minimum absolute atomic E-state index is 0.0160. The summed E-state index contributed by atoms with van der Waals surface area (Å²) in [6.45, 7) is 3.30. The third-order valence-corrected chi connectivity index (χ3v) is 10.1. The van der Waals surface area contributed by atoms with Gasteiger partial charge in [-0.15, -0.1) is 0 Å². The summed E-state index contributed by atoms with van der Waals surface area (Å²) in [7, 11) is -4.28. The number of sulfonamides is 1. The number of nitrogens with one attached hydrogen (secondary N) is 1. The first-order chi connectivity index (χ1) is 21.5. The average Bonchev–Trinajstić information content (AvgIpc) is 3.02. The summed E-state index contributed by atoms with van der Waals surface area (Å²) in [6, 6.07) is 28.0. The van der Waals surface area contributed by atoms with E-state index < -0.39 is 28.5 Å². The van der Waals surface area contributed by atoms with E-state index in [0.717, 1.165) is 19.9 Å². The summed E-state index contributed by atoms with van der Waals surface area (Å²) in [5.74, 6) is -0.917. The van der Waals surface area contributed by atoms with Gasteiger partial charge < -0.3 is 10.2 Å². The lowest BCUT2D eigenvalue weighted by atomic mass is 10.0. The number of anilines is 1. The van der Waals surface area contributed by atoms with Gasteiger partial charge in [-0.3, -0.25) is 13.9 Å². The zero-order valence-corrected chi connectivity index (χ0v) is 28.8. The normalized spacial score (nSPS) is 12.6. The van der Waals surface area contributed by atoms with Gasteiger partial charge in [0, 0.05) is 28.5 Å². The van der Waals surface area contributed by atoms with Gasteiger partial charge in [0.25, 0.3) is 10.0 Å². The Bertz CT molecular complexity index is 1730. The van der Waals surface area contributed by atoms with Crippen LogP contribution >= 0.6 is 39.1 Å². The fourth-order valence-corrected chi connectivity index (χ4v) is 7.21. The lowest BCUT2D eigenvalue weighted by molar-refractivity contribution is -0.140. The molecule has 1 N–H and O–H groups in total. The minimum atomic E-state index is -4.28. The molecule has 7 nitrogen and oxygen atoms in total. The van der Waals surface area contributed by atoms with Crippen molar-refractivity contribution in [2.75, 3.05) is 10.8 Å². The van der Waals surface area contributed by atoms with E-state index in [1.165, 1.54) is 35.2 Å². The Balaban J connectivity index is 1.83. The molecule has 0 saturated carbocycles. The van der Waals surface area contributed by atoms with Gasteiger partial charge in [-0.25, -0.2) is 8.42 Å². The molecular weight excluding hydrogens is 697 g/mol. The predicted octanol–water partition coefficient (Wildman–Crippen LogP) is 7.51. The highest BCUT2D eigenvalue weighted by Gasteiger charge is 2.35. The first-order valence-electron chi connectivity index (χ1n) is 14.4. The third-order valence-electron chi connectivity index (χ3n) is 7.30. The second-order valence-electron chi connectivity index (χ2n) is 10.6. The highest BCUT2D eigenvalue weighted by atomic mass is 79.9. The highest BCUT2D eigenvalue weighted by molar-refractivity contribution is 9.10. The van der Waals surface area contributed by atoms with Crippen LogP contribution in [-0.4, -0.2) is 43.8 Å². The standard InChI is InChI=1S/C34H34BrCl2N3O4S/c1-3-24(2)38-34(42)32(20-25-11-6-4-7-12-25)39(22-26-13-10-14-27(35)19-26)33(41)23-40(31-18-17-28(36)21-30(31)37)45(43,44)29-15-8-5-9-16-29/h4-19,21,24,32H,3,20,22-23H2,1-2H3,(H,38,42)/t24-,32-/m1/s1. The number of hydrogen-bond acceptors (Lipinski definition) is 4. The first kappa shape index (κ1) is 34.5. The Morgan fingerprint density at radius 1 is 0.867 bits per heavy atom. The van der Waals surface area contributed by atoms with Crippen molar-refractivity contribution in [3.63, 3.8) is 0 Å². The number of amides is 2. The molecule has 0 fully saturated rings. The molecule has 2 atom stereocenters. The van der Waals surface area contributed by atoms with Crippen LogP contribution in [0.2, 0.25) is 10.0 Å². The molecule has 236 valence electrons. The molecule has 0 saturated heterocycles. The van der Waals surface area contributed by atoms with Gasteiger partial charge in [0.1, 0.15) is 12.6 Å². The van der Waals surface area contributed by atoms with Crippen molar-refractivity contribution in [3.05, 3.63) is 129 Å². The van der Waals surface area contributed by atoms with Crippen LogP contribution in [0.15, 0.2) is 112 Å². The molecule has 4 aromatic carbocycles. The molecule has 0 spiro atoms. The molecule has 0 heterocycles. The molecule has 11 heteroatoms. The minimum Gasteiger partial charge on any atom is -0.352 e. The van der Waals surface area contributed by atoms with Gasteiger partial charge in [-0.1, -0.05) is 107 Å². The first-order valence-corrected chi connectivity index (χ1v) is 17.4. The Labute approximate surface area is 283 Å². The molecule has 0 aliphatic rings. The zero-order chi connectivity index (χ0) is 32.6. The Kier molecular flexibility index (Phi) is 12.1. The topological polar surface area (TPSA) is 86.8 Å². The van der Waals surface area contributed by atoms with Crippen molar-refractivity contribution < 1.29 is 18.0 Å². The van der Waals surface area contributed by atoms with E-state index in [1.54, 1.807) is 18.2 Å². The van der Waals surface area contributed by atoms with Crippen molar-refractivity contribution in [3.8, 4) is 0 Å². The predicted molar refractivity (Wildman–Crippen MR) is 184 cm³/mol. The summed E-state index contributed by atoms with van der Waals surface area (Å²) in [4.78, 5) is 29.9. The monoisotopic (exact) mass is 729 g/mol. The fraction of sp³-hybridized carbons (Fsp3) is 0.235. The van der Waals surface area contributed by atoms with E-state index in [4.69, 9.17) is 23.2 Å². The van der Waals surface area contributed by atoms with E-state index in [0.29, 0.717) is 11.4 Å². The van der Waals surface area contributed by atoms with Crippen LogP contribution in [0.5, 0.6) is 0 Å². The van der Waals surface area contributed by atoms with E-state index in [-0.39, 0.29) is 40.5 Å². The van der Waals surface area contributed by atoms with Crippen LogP contribution in [0.3, 0.4) is 0 Å². The molecule has 0 aliphatic carbocycles. The van der Waals surface area contributed by atoms with Crippen LogP contribution in [0.4, 0.5) is 5.69 Å². The van der Waals surface area contributed by atoms with Gasteiger partial charge in [0.15, 0.2) is 0 Å². The second kappa shape index (κ2) is 15.8. The van der Waals surface area contributed by atoms with Crippen molar-refractivity contribution in [1.29, 1.82) is 0 Å². The molecule has 0 unspecified atom stereocenters. The van der Waals surface area contributed by atoms with E-state index in [1.807, 2.05) is 68.4 Å². The number of halogens is 3. The summed E-state index contributed by atoms with van der Waals surface area (Å²) in [6.07, 6.45) is 0.914. The Hall–Kier alpha value is -3.37. The summed E-state index contributed by atoms with van der Waals surface area (Å²) < 4.78 is 30.0. The summed E-state index contributed by atoms with van der Waals surface area (Å²) >= 11 is 16.2. The highest BCUT2D eigenvalue weighted by Crippen LogP contribution is 2.33. The van der Waals surface area contributed by atoms with Crippen molar-refractivity contribution in [1.82, 2.24) is 10.2 Å². The van der Waals surface area contributed by atoms with E-state index in [9.17, 15) is 18.0 Å². The van der Waals surface area contributed by atoms with Crippen LogP contribution in [0.25, 0.3) is 0 Å². The van der Waals surface area contributed by atoms with Crippen LogP contribution in [0.1, 0.15) is 31.4 Å². The van der Waals surface area contributed by atoms with Gasteiger partial charge in [-0.2, -0.15) is 0 Å². The van der Waals surface area contributed by atoms with Gasteiger partial charge >= 0.3 is 0 Å². The van der Waals surface area contributed by atoms with Crippen LogP contribution < -0.4 is 9.62 Å². The maximum atomic E-state index is 14.5. The molecule has 4 rings (SSSR count). The number of benzene rings is 4. The number of hydrogen-bond donors (Lipinski definition) is 1. The molecule has 0 bridgehead atoms. The average molecular weight is 732 g/mol. The largest absolute Gasteiger partial charge is 0.352 e.